The van der Waals surface area contributed by atoms with E-state index in [0.717, 1.165) is 22.2 Å². The molecule has 0 N–H and O–H groups in total. The van der Waals surface area contributed by atoms with Gasteiger partial charge in [-0.05, 0) is 42.1 Å². The van der Waals surface area contributed by atoms with Crippen LogP contribution in [-0.2, 0) is 14.3 Å². The molecule has 2 aromatic rings. The fourth-order valence-electron chi connectivity index (χ4n) is 3.22. The standard InChI is InChI=1S/C21H19ClN2O6S/c1-28-17-4-2-13(10-15(17)22)16-5-3-14(30-16)11-18-20(26)24(21(27)31-18)12-19(25)23-6-8-29-9-7-23/h2-5,10-11H,6-9,12H2,1H3/b18-11-. The Morgan fingerprint density at radius 1 is 1.23 bits per heavy atom. The molecule has 3 heterocycles. The van der Waals surface area contributed by atoms with Crippen LogP contribution in [0.25, 0.3) is 17.4 Å². The minimum absolute atomic E-state index is 0.202. The first-order valence-corrected chi connectivity index (χ1v) is 10.7. The van der Waals surface area contributed by atoms with Crippen molar-refractivity contribution in [2.45, 2.75) is 0 Å². The molecule has 2 aliphatic heterocycles. The summed E-state index contributed by atoms with van der Waals surface area (Å²) in [4.78, 5) is 40.1. The van der Waals surface area contributed by atoms with Crippen molar-refractivity contribution in [1.82, 2.24) is 9.80 Å². The number of nitrogens with zero attached hydrogens (tertiary/aromatic N) is 2. The molecule has 0 saturated carbocycles. The number of thioether (sulfide) groups is 1. The van der Waals surface area contributed by atoms with Crippen molar-refractivity contribution in [3.8, 4) is 17.1 Å². The Balaban J connectivity index is 1.47. The average Bonchev–Trinajstić information content (AvgIpc) is 3.34. The Morgan fingerprint density at radius 3 is 2.71 bits per heavy atom. The lowest BCUT2D eigenvalue weighted by atomic mass is 10.2. The Labute approximate surface area is 187 Å². The molecule has 10 heteroatoms. The minimum Gasteiger partial charge on any atom is -0.495 e. The summed E-state index contributed by atoms with van der Waals surface area (Å²) in [5.74, 6) is 0.729. The maximum absolute atomic E-state index is 12.7. The summed E-state index contributed by atoms with van der Waals surface area (Å²) in [5, 5.41) is -0.0319. The van der Waals surface area contributed by atoms with E-state index in [1.54, 1.807) is 35.2 Å². The molecule has 0 bridgehead atoms. The average molecular weight is 463 g/mol. The zero-order valence-electron chi connectivity index (χ0n) is 16.6. The summed E-state index contributed by atoms with van der Waals surface area (Å²) >= 11 is 6.95. The van der Waals surface area contributed by atoms with Crippen LogP contribution < -0.4 is 4.74 Å². The first-order chi connectivity index (χ1) is 15.0. The number of ether oxygens (including phenoxy) is 2. The number of imide groups is 1. The number of halogens is 1. The molecule has 0 aliphatic carbocycles. The lowest BCUT2D eigenvalue weighted by Crippen LogP contribution is -2.46. The fourth-order valence-corrected chi connectivity index (χ4v) is 4.29. The first kappa shape index (κ1) is 21.5. The molecule has 8 nitrogen and oxygen atoms in total. The van der Waals surface area contributed by atoms with E-state index in [0.29, 0.717) is 48.6 Å². The number of amides is 3. The SMILES string of the molecule is COc1ccc(-c2ccc(/C=C3\SC(=O)N(CC(=O)N4CCOCC4)C3=O)o2)cc1Cl. The maximum atomic E-state index is 12.7. The lowest BCUT2D eigenvalue weighted by Gasteiger charge is -2.27. The van der Waals surface area contributed by atoms with Crippen LogP contribution >= 0.6 is 23.4 Å². The van der Waals surface area contributed by atoms with Gasteiger partial charge in [0.05, 0.1) is 30.3 Å². The highest BCUT2D eigenvalue weighted by Gasteiger charge is 2.37. The van der Waals surface area contributed by atoms with E-state index in [-0.39, 0.29) is 17.4 Å². The van der Waals surface area contributed by atoms with Gasteiger partial charge in [-0.15, -0.1) is 0 Å². The van der Waals surface area contributed by atoms with E-state index in [1.165, 1.54) is 13.2 Å². The van der Waals surface area contributed by atoms with Crippen LogP contribution in [0.15, 0.2) is 39.7 Å². The summed E-state index contributed by atoms with van der Waals surface area (Å²) < 4.78 is 16.2. The molecular formula is C21H19ClN2O6S. The predicted molar refractivity (Wildman–Crippen MR) is 116 cm³/mol. The molecule has 1 aromatic heterocycles. The summed E-state index contributed by atoms with van der Waals surface area (Å²) in [7, 11) is 1.54. The van der Waals surface area contributed by atoms with Gasteiger partial charge < -0.3 is 18.8 Å². The van der Waals surface area contributed by atoms with Crippen molar-refractivity contribution >= 4 is 46.5 Å². The Kier molecular flexibility index (Phi) is 6.35. The van der Waals surface area contributed by atoms with Crippen molar-refractivity contribution < 1.29 is 28.3 Å². The highest BCUT2D eigenvalue weighted by atomic mass is 35.5. The normalized spacial score (nSPS) is 18.2. The molecule has 2 fully saturated rings. The summed E-state index contributed by atoms with van der Waals surface area (Å²) in [6.45, 7) is 1.53. The van der Waals surface area contributed by atoms with Gasteiger partial charge in [0, 0.05) is 24.7 Å². The van der Waals surface area contributed by atoms with E-state index in [2.05, 4.69) is 0 Å². The summed E-state index contributed by atoms with van der Waals surface area (Å²) in [6, 6.07) is 8.69. The largest absolute Gasteiger partial charge is 0.495 e. The summed E-state index contributed by atoms with van der Waals surface area (Å²) in [5.41, 5.74) is 0.745. The maximum Gasteiger partial charge on any atom is 0.294 e. The topological polar surface area (TPSA) is 89.3 Å². The van der Waals surface area contributed by atoms with Gasteiger partial charge >= 0.3 is 0 Å². The number of methoxy groups -OCH3 is 1. The number of morpholine rings is 1. The third-order valence-corrected chi connectivity index (χ3v) is 6.07. The van der Waals surface area contributed by atoms with Crippen LogP contribution in [0.4, 0.5) is 4.79 Å². The number of hydrogen-bond acceptors (Lipinski definition) is 7. The van der Waals surface area contributed by atoms with E-state index in [4.69, 9.17) is 25.5 Å². The lowest BCUT2D eigenvalue weighted by molar-refractivity contribution is -0.139. The monoisotopic (exact) mass is 462 g/mol. The van der Waals surface area contributed by atoms with Crippen molar-refractivity contribution in [3.05, 3.63) is 46.0 Å². The van der Waals surface area contributed by atoms with Gasteiger partial charge in [0.25, 0.3) is 11.1 Å². The second-order valence-corrected chi connectivity index (χ2v) is 8.21. The molecule has 0 unspecified atom stereocenters. The van der Waals surface area contributed by atoms with Gasteiger partial charge in [0.1, 0.15) is 23.8 Å². The van der Waals surface area contributed by atoms with Crippen molar-refractivity contribution in [1.29, 1.82) is 0 Å². The number of benzene rings is 1. The summed E-state index contributed by atoms with van der Waals surface area (Å²) in [6.07, 6.45) is 1.50. The fraction of sp³-hybridized carbons (Fsp3) is 0.286. The molecule has 2 saturated heterocycles. The zero-order chi connectivity index (χ0) is 22.0. The van der Waals surface area contributed by atoms with E-state index in [9.17, 15) is 14.4 Å². The zero-order valence-corrected chi connectivity index (χ0v) is 18.2. The molecule has 2 aliphatic rings. The number of rotatable bonds is 5. The number of carbonyl (C=O) groups is 3. The molecule has 0 spiro atoms. The molecular weight excluding hydrogens is 444 g/mol. The molecule has 31 heavy (non-hydrogen) atoms. The Hall–Kier alpha value is -2.75. The number of furan rings is 1. The van der Waals surface area contributed by atoms with Gasteiger partial charge in [-0.3, -0.25) is 19.3 Å². The van der Waals surface area contributed by atoms with Gasteiger partial charge in [0.2, 0.25) is 5.91 Å². The number of hydrogen-bond donors (Lipinski definition) is 0. The molecule has 4 rings (SSSR count). The minimum atomic E-state index is -0.512. The number of carbonyl (C=O) groups excluding carboxylic acids is 3. The molecule has 1 aromatic carbocycles. The van der Waals surface area contributed by atoms with Crippen LogP contribution in [-0.4, -0.2) is 66.8 Å². The highest BCUT2D eigenvalue weighted by Crippen LogP contribution is 2.34. The van der Waals surface area contributed by atoms with Crippen LogP contribution in [0.1, 0.15) is 5.76 Å². The predicted octanol–water partition coefficient (Wildman–Crippen LogP) is 3.50. The molecule has 3 amide bonds. The van der Waals surface area contributed by atoms with Crippen molar-refractivity contribution in [2.75, 3.05) is 40.0 Å². The Bertz CT molecular complexity index is 1060. The van der Waals surface area contributed by atoms with Gasteiger partial charge in [-0.2, -0.15) is 0 Å². The van der Waals surface area contributed by atoms with Crippen molar-refractivity contribution in [2.24, 2.45) is 0 Å². The van der Waals surface area contributed by atoms with E-state index < -0.39 is 11.1 Å². The third kappa shape index (κ3) is 4.63. The van der Waals surface area contributed by atoms with Crippen LogP contribution in [0.3, 0.4) is 0 Å². The second kappa shape index (κ2) is 9.17. The molecule has 162 valence electrons. The molecule has 0 atom stereocenters. The van der Waals surface area contributed by atoms with Gasteiger partial charge in [-0.1, -0.05) is 11.6 Å². The van der Waals surface area contributed by atoms with Crippen molar-refractivity contribution in [3.63, 3.8) is 0 Å². The van der Waals surface area contributed by atoms with Crippen LogP contribution in [0.2, 0.25) is 5.02 Å². The van der Waals surface area contributed by atoms with Gasteiger partial charge in [0.15, 0.2) is 0 Å². The second-order valence-electron chi connectivity index (χ2n) is 6.81. The first-order valence-electron chi connectivity index (χ1n) is 9.51. The smallest absolute Gasteiger partial charge is 0.294 e. The Morgan fingerprint density at radius 2 is 2.00 bits per heavy atom. The van der Waals surface area contributed by atoms with Gasteiger partial charge in [-0.25, -0.2) is 0 Å². The van der Waals surface area contributed by atoms with Crippen LogP contribution in [0, 0.1) is 0 Å². The highest BCUT2D eigenvalue weighted by molar-refractivity contribution is 8.18. The van der Waals surface area contributed by atoms with E-state index >= 15 is 0 Å². The quantitative estimate of drug-likeness (QED) is 0.628. The van der Waals surface area contributed by atoms with E-state index in [1.807, 2.05) is 0 Å². The third-order valence-electron chi connectivity index (χ3n) is 4.87. The van der Waals surface area contributed by atoms with Crippen LogP contribution in [0.5, 0.6) is 5.75 Å². The molecule has 0 radical (unpaired) electrons.